The number of nitrogens with zero attached hydrogens (tertiary/aromatic N) is 2. The standard InChI is InChI=1S/C19H34N2O/c1-12(2)16-15(18(3,4)5)14-9-13(11-22)10-21(14)17(20-16)19(6,7)8/h12-13,16,22H,9-11H2,1-8H3. The molecule has 2 unspecified atom stereocenters. The molecule has 1 N–H and O–H groups in total. The monoisotopic (exact) mass is 306 g/mol. The molecule has 2 heterocycles. The van der Waals surface area contributed by atoms with E-state index in [9.17, 15) is 5.11 Å². The van der Waals surface area contributed by atoms with Crippen molar-refractivity contribution in [2.24, 2.45) is 27.7 Å². The molecule has 2 aliphatic heterocycles. The van der Waals surface area contributed by atoms with Gasteiger partial charge in [-0.3, -0.25) is 4.99 Å². The number of rotatable bonds is 2. The maximum absolute atomic E-state index is 9.68. The zero-order valence-corrected chi connectivity index (χ0v) is 15.7. The van der Waals surface area contributed by atoms with E-state index in [1.807, 2.05) is 0 Å². The van der Waals surface area contributed by atoms with Crippen LogP contribution in [0.25, 0.3) is 0 Å². The summed E-state index contributed by atoms with van der Waals surface area (Å²) in [5, 5.41) is 9.68. The molecule has 0 aromatic heterocycles. The normalized spacial score (nSPS) is 26.6. The fourth-order valence-corrected chi connectivity index (χ4v) is 3.80. The van der Waals surface area contributed by atoms with Crippen LogP contribution in [0.4, 0.5) is 0 Å². The second-order valence-corrected chi connectivity index (χ2v) is 9.37. The highest BCUT2D eigenvalue weighted by Crippen LogP contribution is 2.45. The first-order chi connectivity index (χ1) is 9.96. The Hall–Kier alpha value is -0.830. The third-order valence-electron chi connectivity index (χ3n) is 4.74. The van der Waals surface area contributed by atoms with Crippen LogP contribution in [0.1, 0.15) is 61.8 Å². The lowest BCUT2D eigenvalue weighted by atomic mass is 9.75. The Labute approximate surface area is 136 Å². The molecule has 3 nitrogen and oxygen atoms in total. The van der Waals surface area contributed by atoms with Crippen molar-refractivity contribution in [2.45, 2.75) is 67.9 Å². The molecule has 1 fully saturated rings. The molecular formula is C19H34N2O. The maximum atomic E-state index is 9.68. The van der Waals surface area contributed by atoms with Crippen molar-refractivity contribution in [3.63, 3.8) is 0 Å². The zero-order chi connectivity index (χ0) is 16.9. The molecule has 0 amide bonds. The van der Waals surface area contributed by atoms with Gasteiger partial charge in [-0.25, -0.2) is 0 Å². The van der Waals surface area contributed by atoms with Gasteiger partial charge in [0, 0.05) is 30.2 Å². The molecule has 0 spiro atoms. The fraction of sp³-hybridized carbons (Fsp3) is 0.842. The van der Waals surface area contributed by atoms with E-state index in [1.54, 1.807) is 0 Å². The average Bonchev–Trinajstić information content (AvgIpc) is 2.76. The van der Waals surface area contributed by atoms with Crippen LogP contribution in [0.3, 0.4) is 0 Å². The SMILES string of the molecule is CC(C)C1N=C(C(C)(C)C)N2CC(CO)CC2=C1C(C)(C)C. The first-order valence-corrected chi connectivity index (χ1v) is 8.67. The predicted octanol–water partition coefficient (Wildman–Crippen LogP) is 4.08. The summed E-state index contributed by atoms with van der Waals surface area (Å²) in [5.41, 5.74) is 3.06. The zero-order valence-electron chi connectivity index (χ0n) is 15.7. The Balaban J connectivity index is 2.60. The number of aliphatic hydroxyl groups excluding tert-OH is 1. The molecule has 0 saturated carbocycles. The molecule has 0 bridgehead atoms. The van der Waals surface area contributed by atoms with Crippen LogP contribution in [-0.2, 0) is 0 Å². The summed E-state index contributed by atoms with van der Waals surface area (Å²) < 4.78 is 0. The molecule has 0 radical (unpaired) electrons. The van der Waals surface area contributed by atoms with Crippen LogP contribution in [0.2, 0.25) is 0 Å². The summed E-state index contributed by atoms with van der Waals surface area (Å²) in [4.78, 5) is 7.63. The van der Waals surface area contributed by atoms with Gasteiger partial charge in [0.2, 0.25) is 0 Å². The second kappa shape index (κ2) is 5.67. The fourth-order valence-electron chi connectivity index (χ4n) is 3.80. The third kappa shape index (κ3) is 3.10. The van der Waals surface area contributed by atoms with Crippen LogP contribution in [-0.4, -0.2) is 35.0 Å². The smallest absolute Gasteiger partial charge is 0.109 e. The molecule has 126 valence electrons. The highest BCUT2D eigenvalue weighted by Gasteiger charge is 2.43. The van der Waals surface area contributed by atoms with Gasteiger partial charge in [0.05, 0.1) is 6.04 Å². The topological polar surface area (TPSA) is 35.8 Å². The van der Waals surface area contributed by atoms with Crippen LogP contribution < -0.4 is 0 Å². The summed E-state index contributed by atoms with van der Waals surface area (Å²) >= 11 is 0. The van der Waals surface area contributed by atoms with E-state index in [1.165, 1.54) is 17.1 Å². The molecule has 3 heteroatoms. The molecule has 0 aromatic carbocycles. The molecule has 2 aliphatic rings. The Morgan fingerprint density at radius 1 is 1.14 bits per heavy atom. The quantitative estimate of drug-likeness (QED) is 0.834. The van der Waals surface area contributed by atoms with Crippen molar-refractivity contribution >= 4 is 5.84 Å². The first-order valence-electron chi connectivity index (χ1n) is 8.67. The van der Waals surface area contributed by atoms with Crippen LogP contribution in [0.5, 0.6) is 0 Å². The predicted molar refractivity (Wildman–Crippen MR) is 93.9 cm³/mol. The maximum Gasteiger partial charge on any atom is 0.109 e. The highest BCUT2D eigenvalue weighted by atomic mass is 16.3. The number of aliphatic imine (C=N–C) groups is 1. The van der Waals surface area contributed by atoms with Gasteiger partial charge in [0.15, 0.2) is 0 Å². The van der Waals surface area contributed by atoms with Crippen LogP contribution in [0, 0.1) is 22.7 Å². The summed E-state index contributed by atoms with van der Waals surface area (Å²) in [6.07, 6.45) is 0.988. The molecule has 1 saturated heterocycles. The Morgan fingerprint density at radius 2 is 1.73 bits per heavy atom. The molecule has 2 rings (SSSR count). The van der Waals surface area contributed by atoms with E-state index in [0.717, 1.165) is 13.0 Å². The van der Waals surface area contributed by atoms with E-state index in [0.29, 0.717) is 11.8 Å². The van der Waals surface area contributed by atoms with E-state index < -0.39 is 0 Å². The van der Waals surface area contributed by atoms with Crippen molar-refractivity contribution in [3.8, 4) is 0 Å². The van der Waals surface area contributed by atoms with Crippen molar-refractivity contribution in [3.05, 3.63) is 11.3 Å². The minimum atomic E-state index is 0.0339. The number of allylic oxidation sites excluding steroid dienone is 1. The van der Waals surface area contributed by atoms with Gasteiger partial charge in [0.1, 0.15) is 5.84 Å². The molecule has 0 aliphatic carbocycles. The lowest BCUT2D eigenvalue weighted by molar-refractivity contribution is 0.231. The highest BCUT2D eigenvalue weighted by molar-refractivity contribution is 5.90. The Morgan fingerprint density at radius 3 is 2.14 bits per heavy atom. The Kier molecular flexibility index (Phi) is 4.51. The first kappa shape index (κ1) is 17.5. The largest absolute Gasteiger partial charge is 0.396 e. The number of hydrogen-bond donors (Lipinski definition) is 1. The van der Waals surface area contributed by atoms with Gasteiger partial charge in [0.25, 0.3) is 0 Å². The van der Waals surface area contributed by atoms with E-state index in [2.05, 4.69) is 60.3 Å². The van der Waals surface area contributed by atoms with Gasteiger partial charge in [-0.15, -0.1) is 0 Å². The lowest BCUT2D eigenvalue weighted by Gasteiger charge is -2.43. The number of aliphatic hydroxyl groups is 1. The van der Waals surface area contributed by atoms with Crippen molar-refractivity contribution in [1.29, 1.82) is 0 Å². The van der Waals surface area contributed by atoms with Crippen molar-refractivity contribution in [2.75, 3.05) is 13.2 Å². The van der Waals surface area contributed by atoms with Gasteiger partial charge < -0.3 is 10.0 Å². The van der Waals surface area contributed by atoms with Gasteiger partial charge in [-0.2, -0.15) is 0 Å². The van der Waals surface area contributed by atoms with E-state index in [4.69, 9.17) is 4.99 Å². The van der Waals surface area contributed by atoms with Crippen LogP contribution >= 0.6 is 0 Å². The van der Waals surface area contributed by atoms with Gasteiger partial charge in [-0.05, 0) is 23.3 Å². The summed E-state index contributed by atoms with van der Waals surface area (Å²) in [6, 6.07) is 0.262. The minimum Gasteiger partial charge on any atom is -0.396 e. The molecule has 2 atom stereocenters. The number of amidine groups is 1. The average molecular weight is 306 g/mol. The van der Waals surface area contributed by atoms with Crippen LogP contribution in [0.15, 0.2) is 16.3 Å². The van der Waals surface area contributed by atoms with E-state index in [-0.39, 0.29) is 23.5 Å². The summed E-state index contributed by atoms with van der Waals surface area (Å²) in [6.45, 7) is 19.4. The van der Waals surface area contributed by atoms with Gasteiger partial charge in [-0.1, -0.05) is 55.4 Å². The van der Waals surface area contributed by atoms with Crippen molar-refractivity contribution < 1.29 is 5.11 Å². The number of hydrogen-bond acceptors (Lipinski definition) is 3. The van der Waals surface area contributed by atoms with Crippen molar-refractivity contribution in [1.82, 2.24) is 4.90 Å². The second-order valence-electron chi connectivity index (χ2n) is 9.37. The third-order valence-corrected chi connectivity index (χ3v) is 4.74. The molecule has 0 aromatic rings. The summed E-state index contributed by atoms with van der Waals surface area (Å²) in [5.74, 6) is 2.03. The summed E-state index contributed by atoms with van der Waals surface area (Å²) in [7, 11) is 0. The molecule has 22 heavy (non-hydrogen) atoms. The Bertz CT molecular complexity index is 489. The minimum absolute atomic E-state index is 0.0339. The lowest BCUT2D eigenvalue weighted by Crippen LogP contribution is -2.45. The van der Waals surface area contributed by atoms with E-state index >= 15 is 0 Å². The molecular weight excluding hydrogens is 272 g/mol. The van der Waals surface area contributed by atoms with Gasteiger partial charge >= 0.3 is 0 Å². The number of fused-ring (bicyclic) bond motifs is 1.